The van der Waals surface area contributed by atoms with Crippen LogP contribution in [-0.4, -0.2) is 25.5 Å². The molecule has 0 spiro atoms. The Hall–Kier alpha value is -1.51. The second kappa shape index (κ2) is 6.50. The van der Waals surface area contributed by atoms with E-state index in [2.05, 4.69) is 41.4 Å². The Bertz CT molecular complexity index is 476. The van der Waals surface area contributed by atoms with Gasteiger partial charge in [0, 0.05) is 31.2 Å². The van der Waals surface area contributed by atoms with Gasteiger partial charge in [-0.05, 0) is 55.7 Å². The molecule has 1 heterocycles. The molecule has 2 fully saturated rings. The molecule has 0 bridgehead atoms. The van der Waals surface area contributed by atoms with Crippen LogP contribution in [0.2, 0.25) is 0 Å². The lowest BCUT2D eigenvalue weighted by Crippen LogP contribution is -2.29. The zero-order valence-electron chi connectivity index (χ0n) is 13.0. The molecule has 0 radical (unpaired) electrons. The molecule has 21 heavy (non-hydrogen) atoms. The van der Waals surface area contributed by atoms with E-state index in [9.17, 15) is 4.79 Å². The average molecular weight is 286 g/mol. The van der Waals surface area contributed by atoms with Gasteiger partial charge in [0.2, 0.25) is 5.91 Å². The summed E-state index contributed by atoms with van der Waals surface area (Å²) in [5.41, 5.74) is 2.65. The Morgan fingerprint density at radius 3 is 2.48 bits per heavy atom. The van der Waals surface area contributed by atoms with Crippen LogP contribution in [0.5, 0.6) is 0 Å². The maximum Gasteiger partial charge on any atom is 0.223 e. The van der Waals surface area contributed by atoms with Gasteiger partial charge in [-0.3, -0.25) is 4.79 Å². The van der Waals surface area contributed by atoms with E-state index in [1.54, 1.807) is 0 Å². The first kappa shape index (κ1) is 14.4. The Kier molecular flexibility index (Phi) is 4.47. The van der Waals surface area contributed by atoms with Crippen molar-refractivity contribution in [3.8, 4) is 0 Å². The van der Waals surface area contributed by atoms with Crippen LogP contribution in [-0.2, 0) is 11.2 Å². The van der Waals surface area contributed by atoms with Crippen molar-refractivity contribution in [1.82, 2.24) is 5.32 Å². The van der Waals surface area contributed by atoms with Gasteiger partial charge < -0.3 is 10.2 Å². The fourth-order valence-electron chi connectivity index (χ4n) is 3.17. The number of nitrogens with zero attached hydrogens (tertiary/aromatic N) is 1. The normalized spacial score (nSPS) is 24.7. The molecule has 1 N–H and O–H groups in total. The van der Waals surface area contributed by atoms with E-state index in [4.69, 9.17) is 0 Å². The lowest BCUT2D eigenvalue weighted by Gasteiger charge is -2.28. The van der Waals surface area contributed by atoms with E-state index in [0.717, 1.165) is 19.4 Å². The molecule has 0 unspecified atom stereocenters. The van der Waals surface area contributed by atoms with Gasteiger partial charge in [-0.15, -0.1) is 0 Å². The largest absolute Gasteiger partial charge is 0.372 e. The van der Waals surface area contributed by atoms with Crippen molar-refractivity contribution in [3.63, 3.8) is 0 Å². The van der Waals surface area contributed by atoms with E-state index in [0.29, 0.717) is 5.92 Å². The summed E-state index contributed by atoms with van der Waals surface area (Å²) >= 11 is 0. The minimum Gasteiger partial charge on any atom is -0.372 e. The number of piperidine rings is 1. The first-order chi connectivity index (χ1) is 10.2. The molecule has 0 aromatic heterocycles. The topological polar surface area (TPSA) is 32.3 Å². The summed E-state index contributed by atoms with van der Waals surface area (Å²) in [4.78, 5) is 14.2. The summed E-state index contributed by atoms with van der Waals surface area (Å²) in [6, 6.07) is 8.86. The van der Waals surface area contributed by atoms with Crippen molar-refractivity contribution >= 4 is 11.6 Å². The second-order valence-electron chi connectivity index (χ2n) is 6.57. The Morgan fingerprint density at radius 1 is 1.19 bits per heavy atom. The van der Waals surface area contributed by atoms with Crippen LogP contribution in [0.3, 0.4) is 0 Å². The number of anilines is 1. The Balaban J connectivity index is 1.44. The first-order valence-electron chi connectivity index (χ1n) is 8.35. The third-order valence-corrected chi connectivity index (χ3v) is 4.82. The van der Waals surface area contributed by atoms with Crippen LogP contribution in [0, 0.1) is 11.8 Å². The van der Waals surface area contributed by atoms with Crippen LogP contribution in [0.15, 0.2) is 24.3 Å². The van der Waals surface area contributed by atoms with E-state index in [1.165, 1.54) is 43.6 Å². The minimum absolute atomic E-state index is 0.243. The standard InChI is InChI=1S/C18H26N2O/c1-14-13-17(14)18(21)19-10-9-15-5-7-16(8-6-15)20-11-3-2-4-12-20/h5-8,14,17H,2-4,9-13H2,1H3,(H,19,21)/t14-,17-/m0/s1. The van der Waals surface area contributed by atoms with Crippen LogP contribution in [0.25, 0.3) is 0 Å². The van der Waals surface area contributed by atoms with Gasteiger partial charge in [0.15, 0.2) is 0 Å². The highest BCUT2D eigenvalue weighted by Gasteiger charge is 2.38. The molecule has 1 aromatic rings. The highest BCUT2D eigenvalue weighted by atomic mass is 16.2. The fraction of sp³-hybridized carbons (Fsp3) is 0.611. The van der Waals surface area contributed by atoms with Gasteiger partial charge in [0.1, 0.15) is 0 Å². The third-order valence-electron chi connectivity index (χ3n) is 4.82. The summed E-state index contributed by atoms with van der Waals surface area (Å²) < 4.78 is 0. The van der Waals surface area contributed by atoms with E-state index in [1.807, 2.05) is 0 Å². The van der Waals surface area contributed by atoms with Crippen LogP contribution in [0.1, 0.15) is 38.2 Å². The fourth-order valence-corrected chi connectivity index (χ4v) is 3.17. The summed E-state index contributed by atoms with van der Waals surface area (Å²) in [5, 5.41) is 3.05. The second-order valence-corrected chi connectivity index (χ2v) is 6.57. The van der Waals surface area contributed by atoms with Gasteiger partial charge in [0.05, 0.1) is 0 Å². The molecule has 1 aliphatic heterocycles. The molecule has 1 aromatic carbocycles. The van der Waals surface area contributed by atoms with Gasteiger partial charge >= 0.3 is 0 Å². The van der Waals surface area contributed by atoms with E-state index < -0.39 is 0 Å². The number of carbonyl (C=O) groups excluding carboxylic acids is 1. The molecule has 1 amide bonds. The van der Waals surface area contributed by atoms with Crippen molar-refractivity contribution < 1.29 is 4.79 Å². The van der Waals surface area contributed by atoms with Crippen molar-refractivity contribution in [2.24, 2.45) is 11.8 Å². The SMILES string of the molecule is C[C@H]1C[C@@H]1C(=O)NCCc1ccc(N2CCCCC2)cc1. The van der Waals surface area contributed by atoms with Crippen molar-refractivity contribution in [2.45, 2.75) is 39.0 Å². The molecule has 1 saturated carbocycles. The molecule has 3 rings (SSSR count). The number of carbonyl (C=O) groups is 1. The molecule has 1 aliphatic carbocycles. The minimum atomic E-state index is 0.243. The Morgan fingerprint density at radius 2 is 1.86 bits per heavy atom. The van der Waals surface area contributed by atoms with E-state index in [-0.39, 0.29) is 11.8 Å². The molecular formula is C18H26N2O. The van der Waals surface area contributed by atoms with E-state index >= 15 is 0 Å². The molecular weight excluding hydrogens is 260 g/mol. The number of amides is 1. The van der Waals surface area contributed by atoms with Crippen LogP contribution >= 0.6 is 0 Å². The number of benzene rings is 1. The molecule has 2 aliphatic rings. The van der Waals surface area contributed by atoms with Crippen LogP contribution in [0.4, 0.5) is 5.69 Å². The van der Waals surface area contributed by atoms with Crippen molar-refractivity contribution in [2.75, 3.05) is 24.5 Å². The zero-order chi connectivity index (χ0) is 14.7. The summed E-state index contributed by atoms with van der Waals surface area (Å²) in [6.45, 7) is 5.28. The van der Waals surface area contributed by atoms with Gasteiger partial charge in [0.25, 0.3) is 0 Å². The molecule has 1 saturated heterocycles. The number of nitrogens with one attached hydrogen (secondary N) is 1. The predicted molar refractivity (Wildman–Crippen MR) is 86.5 cm³/mol. The highest BCUT2D eigenvalue weighted by molar-refractivity contribution is 5.81. The van der Waals surface area contributed by atoms with Crippen molar-refractivity contribution in [1.29, 1.82) is 0 Å². The monoisotopic (exact) mass is 286 g/mol. The van der Waals surface area contributed by atoms with Gasteiger partial charge in [-0.25, -0.2) is 0 Å². The summed E-state index contributed by atoms with van der Waals surface area (Å²) in [6.07, 6.45) is 5.98. The van der Waals surface area contributed by atoms with Crippen molar-refractivity contribution in [3.05, 3.63) is 29.8 Å². The molecule has 114 valence electrons. The smallest absolute Gasteiger partial charge is 0.223 e. The average Bonchev–Trinajstić information content (AvgIpc) is 3.26. The predicted octanol–water partition coefficient (Wildman–Crippen LogP) is 2.99. The summed E-state index contributed by atoms with van der Waals surface area (Å²) in [5.74, 6) is 1.12. The summed E-state index contributed by atoms with van der Waals surface area (Å²) in [7, 11) is 0. The first-order valence-corrected chi connectivity index (χ1v) is 8.35. The highest BCUT2D eigenvalue weighted by Crippen LogP contribution is 2.37. The van der Waals surface area contributed by atoms with Gasteiger partial charge in [-0.2, -0.15) is 0 Å². The quantitative estimate of drug-likeness (QED) is 0.902. The Labute approximate surface area is 127 Å². The molecule has 3 heteroatoms. The number of rotatable bonds is 5. The molecule has 2 atom stereocenters. The number of hydrogen-bond acceptors (Lipinski definition) is 2. The van der Waals surface area contributed by atoms with Crippen LogP contribution < -0.4 is 10.2 Å². The van der Waals surface area contributed by atoms with Gasteiger partial charge in [-0.1, -0.05) is 19.1 Å². The lowest BCUT2D eigenvalue weighted by molar-refractivity contribution is -0.122. The zero-order valence-corrected chi connectivity index (χ0v) is 13.0. The third kappa shape index (κ3) is 3.78. The number of hydrogen-bond donors (Lipinski definition) is 1. The maximum atomic E-state index is 11.7. The maximum absolute atomic E-state index is 11.7. The lowest BCUT2D eigenvalue weighted by atomic mass is 10.1. The molecule has 3 nitrogen and oxygen atoms in total.